The zero-order chi connectivity index (χ0) is 19.0. The number of aliphatic hydroxyl groups excluding tert-OH is 1. The van der Waals surface area contributed by atoms with Crippen LogP contribution >= 0.6 is 0 Å². The van der Waals surface area contributed by atoms with Crippen LogP contribution in [0.25, 0.3) is 5.76 Å². The van der Waals surface area contributed by atoms with Crippen molar-refractivity contribution in [2.45, 2.75) is 13.0 Å². The van der Waals surface area contributed by atoms with E-state index in [2.05, 4.69) is 0 Å². The Morgan fingerprint density at radius 2 is 1.58 bits per heavy atom. The minimum absolute atomic E-state index is 0.124. The number of aryl methyl sites for hydroxylation is 1. The zero-order valence-electron chi connectivity index (χ0n) is 15.4. The number of amides is 1. The first-order valence-electron chi connectivity index (χ1n) is 8.40. The Hall–Kier alpha value is -3.08. The average Bonchev–Trinajstić information content (AvgIpc) is 2.86. The van der Waals surface area contributed by atoms with Gasteiger partial charge in [0, 0.05) is 32.4 Å². The number of carbonyl (C=O) groups is 2. The number of nitrogens with zero attached hydrogens (tertiary/aromatic N) is 2. The fraction of sp³-hybridized carbons (Fsp3) is 0.238. The standard InChI is InChI=1S/C21H22N2O3/c1-13-5-7-15(8-6-13)19(24)17-18(23(4)21(26)20(17)25)14-9-11-16(12-10-14)22(2)3/h5-12,18,24H,1-4H3/b19-17+. The van der Waals surface area contributed by atoms with Crippen molar-refractivity contribution in [1.82, 2.24) is 4.90 Å². The number of likely N-dealkylation sites (tertiary alicyclic amines) is 1. The molecule has 0 radical (unpaired) electrons. The second kappa shape index (κ2) is 6.67. The van der Waals surface area contributed by atoms with Gasteiger partial charge in [-0.15, -0.1) is 0 Å². The van der Waals surface area contributed by atoms with E-state index in [0.717, 1.165) is 16.8 Å². The van der Waals surface area contributed by atoms with Crippen molar-refractivity contribution in [3.63, 3.8) is 0 Å². The van der Waals surface area contributed by atoms with Gasteiger partial charge in [0.2, 0.25) is 0 Å². The highest BCUT2D eigenvalue weighted by Gasteiger charge is 2.44. The van der Waals surface area contributed by atoms with Gasteiger partial charge in [0.25, 0.3) is 11.7 Å². The number of aliphatic hydroxyl groups is 1. The smallest absolute Gasteiger partial charge is 0.295 e. The minimum atomic E-state index is -0.660. The third-order valence-corrected chi connectivity index (χ3v) is 4.73. The first kappa shape index (κ1) is 17.7. The van der Waals surface area contributed by atoms with E-state index in [1.807, 2.05) is 62.3 Å². The molecule has 1 aliphatic rings. The largest absolute Gasteiger partial charge is 0.507 e. The van der Waals surface area contributed by atoms with Gasteiger partial charge in [0.15, 0.2) is 0 Å². The Morgan fingerprint density at radius 1 is 1.00 bits per heavy atom. The summed E-state index contributed by atoms with van der Waals surface area (Å²) < 4.78 is 0. The molecule has 0 spiro atoms. The summed E-state index contributed by atoms with van der Waals surface area (Å²) in [5, 5.41) is 10.8. The molecular formula is C21H22N2O3. The number of likely N-dealkylation sites (N-methyl/N-ethyl adjacent to an activating group) is 1. The average molecular weight is 350 g/mol. The molecule has 0 saturated carbocycles. The molecule has 26 heavy (non-hydrogen) atoms. The fourth-order valence-electron chi connectivity index (χ4n) is 3.16. The van der Waals surface area contributed by atoms with Gasteiger partial charge >= 0.3 is 0 Å². The zero-order valence-corrected chi connectivity index (χ0v) is 15.4. The maximum atomic E-state index is 12.5. The Kier molecular flexibility index (Phi) is 4.55. The molecule has 2 aromatic rings. The fourth-order valence-corrected chi connectivity index (χ4v) is 3.16. The molecule has 1 fully saturated rings. The second-order valence-corrected chi connectivity index (χ2v) is 6.76. The maximum Gasteiger partial charge on any atom is 0.295 e. The van der Waals surface area contributed by atoms with E-state index in [-0.39, 0.29) is 11.3 Å². The van der Waals surface area contributed by atoms with Crippen LogP contribution in [-0.4, -0.2) is 42.8 Å². The lowest BCUT2D eigenvalue weighted by atomic mass is 9.95. The molecule has 1 aliphatic heterocycles. The molecule has 1 heterocycles. The lowest BCUT2D eigenvalue weighted by molar-refractivity contribution is -0.139. The lowest BCUT2D eigenvalue weighted by Crippen LogP contribution is -2.24. The number of benzene rings is 2. The van der Waals surface area contributed by atoms with Gasteiger partial charge in [-0.05, 0) is 24.6 Å². The molecule has 1 N–H and O–H groups in total. The van der Waals surface area contributed by atoms with Gasteiger partial charge in [-0.25, -0.2) is 0 Å². The summed E-state index contributed by atoms with van der Waals surface area (Å²) in [5.41, 5.74) is 3.50. The molecule has 5 heteroatoms. The van der Waals surface area contributed by atoms with E-state index >= 15 is 0 Å². The molecule has 0 aliphatic carbocycles. The maximum absolute atomic E-state index is 12.5. The first-order chi connectivity index (χ1) is 12.3. The summed E-state index contributed by atoms with van der Waals surface area (Å²) >= 11 is 0. The lowest BCUT2D eigenvalue weighted by Gasteiger charge is -2.22. The molecule has 2 aromatic carbocycles. The van der Waals surface area contributed by atoms with Crippen LogP contribution in [0, 0.1) is 6.92 Å². The van der Waals surface area contributed by atoms with E-state index in [4.69, 9.17) is 0 Å². The van der Waals surface area contributed by atoms with Gasteiger partial charge in [-0.1, -0.05) is 42.0 Å². The SMILES string of the molecule is Cc1ccc(/C(O)=C2\C(=O)C(=O)N(C)C2c2ccc(N(C)C)cc2)cc1. The van der Waals surface area contributed by atoms with Gasteiger partial charge in [-0.2, -0.15) is 0 Å². The Balaban J connectivity index is 2.11. The van der Waals surface area contributed by atoms with E-state index in [0.29, 0.717) is 5.56 Å². The van der Waals surface area contributed by atoms with Crippen LogP contribution in [-0.2, 0) is 9.59 Å². The van der Waals surface area contributed by atoms with Crippen molar-refractivity contribution in [2.75, 3.05) is 26.0 Å². The monoisotopic (exact) mass is 350 g/mol. The van der Waals surface area contributed by atoms with Crippen LogP contribution in [0.15, 0.2) is 54.1 Å². The van der Waals surface area contributed by atoms with Crippen molar-refractivity contribution in [3.05, 3.63) is 70.8 Å². The van der Waals surface area contributed by atoms with Crippen molar-refractivity contribution < 1.29 is 14.7 Å². The van der Waals surface area contributed by atoms with Crippen molar-refractivity contribution in [2.24, 2.45) is 0 Å². The highest BCUT2D eigenvalue weighted by Crippen LogP contribution is 2.38. The Bertz CT molecular complexity index is 880. The number of carbonyl (C=O) groups excluding carboxylic acids is 2. The Morgan fingerprint density at radius 3 is 2.12 bits per heavy atom. The number of rotatable bonds is 3. The summed E-state index contributed by atoms with van der Waals surface area (Å²) in [4.78, 5) is 28.2. The van der Waals surface area contributed by atoms with E-state index in [1.54, 1.807) is 19.2 Å². The third-order valence-electron chi connectivity index (χ3n) is 4.73. The van der Waals surface area contributed by atoms with Gasteiger partial charge < -0.3 is 14.9 Å². The molecular weight excluding hydrogens is 328 g/mol. The van der Waals surface area contributed by atoms with Gasteiger partial charge in [0.05, 0.1) is 11.6 Å². The summed E-state index contributed by atoms with van der Waals surface area (Å²) in [6.07, 6.45) is 0. The number of Topliss-reactive ketones (excluding diaryl/α,β-unsaturated/α-hetero) is 1. The number of ketones is 1. The van der Waals surface area contributed by atoms with E-state index in [9.17, 15) is 14.7 Å². The summed E-state index contributed by atoms with van der Waals surface area (Å²) in [7, 11) is 5.47. The molecule has 1 atom stereocenters. The minimum Gasteiger partial charge on any atom is -0.507 e. The molecule has 0 aromatic heterocycles. The number of hydrogen-bond acceptors (Lipinski definition) is 4. The van der Waals surface area contributed by atoms with Crippen molar-refractivity contribution >= 4 is 23.1 Å². The predicted octanol–water partition coefficient (Wildman–Crippen LogP) is 3.11. The molecule has 134 valence electrons. The molecule has 1 unspecified atom stereocenters. The number of anilines is 1. The van der Waals surface area contributed by atoms with Crippen LogP contribution in [0.3, 0.4) is 0 Å². The van der Waals surface area contributed by atoms with Crippen molar-refractivity contribution in [3.8, 4) is 0 Å². The van der Waals surface area contributed by atoms with Crippen molar-refractivity contribution in [1.29, 1.82) is 0 Å². The summed E-state index contributed by atoms with van der Waals surface area (Å²) in [5.74, 6) is -1.41. The Labute approximate surface area is 153 Å². The third kappa shape index (κ3) is 2.96. The topological polar surface area (TPSA) is 60.9 Å². The van der Waals surface area contributed by atoms with Crippen LogP contribution in [0.2, 0.25) is 0 Å². The van der Waals surface area contributed by atoms with E-state index < -0.39 is 17.7 Å². The highest BCUT2D eigenvalue weighted by atomic mass is 16.3. The second-order valence-electron chi connectivity index (χ2n) is 6.76. The molecule has 0 bridgehead atoms. The van der Waals surface area contributed by atoms with Gasteiger partial charge in [-0.3, -0.25) is 9.59 Å². The van der Waals surface area contributed by atoms with Gasteiger partial charge in [0.1, 0.15) is 5.76 Å². The molecule has 1 saturated heterocycles. The molecule has 1 amide bonds. The molecule has 3 rings (SSSR count). The van der Waals surface area contributed by atoms with Crippen LogP contribution < -0.4 is 4.90 Å². The summed E-state index contributed by atoms with van der Waals surface area (Å²) in [6.45, 7) is 1.95. The highest BCUT2D eigenvalue weighted by molar-refractivity contribution is 6.46. The van der Waals surface area contributed by atoms with Crippen LogP contribution in [0.4, 0.5) is 5.69 Å². The van der Waals surface area contributed by atoms with Crippen LogP contribution in [0.5, 0.6) is 0 Å². The first-order valence-corrected chi connectivity index (χ1v) is 8.40. The van der Waals surface area contributed by atoms with E-state index in [1.165, 1.54) is 4.90 Å². The number of hydrogen-bond donors (Lipinski definition) is 1. The normalized spacial score (nSPS) is 19.1. The van der Waals surface area contributed by atoms with Crippen LogP contribution in [0.1, 0.15) is 22.7 Å². The molecule has 5 nitrogen and oxygen atoms in total. The predicted molar refractivity (Wildman–Crippen MR) is 102 cm³/mol. The summed E-state index contributed by atoms with van der Waals surface area (Å²) in [6, 6.07) is 14.2. The quantitative estimate of drug-likeness (QED) is 0.525.